The molecule has 6 rings (SSSR count). The van der Waals surface area contributed by atoms with Gasteiger partial charge >= 0.3 is 18.0 Å². The van der Waals surface area contributed by atoms with Gasteiger partial charge in [0, 0.05) is 18.9 Å². The molecular formula is C40H40N2O7. The molecule has 1 fully saturated rings. The summed E-state index contributed by atoms with van der Waals surface area (Å²) in [6, 6.07) is 29.8. The van der Waals surface area contributed by atoms with E-state index < -0.39 is 41.6 Å². The maximum Gasteiger partial charge on any atom is 0.407 e. The lowest BCUT2D eigenvalue weighted by molar-refractivity contribution is -0.163. The summed E-state index contributed by atoms with van der Waals surface area (Å²) in [5, 5.41) is 2.80. The molecule has 1 N–H and O–H groups in total. The minimum Gasteiger partial charge on any atom is -0.458 e. The molecule has 2 aliphatic rings. The average molecular weight is 661 g/mol. The van der Waals surface area contributed by atoms with Gasteiger partial charge in [-0.05, 0) is 85.7 Å². The van der Waals surface area contributed by atoms with E-state index >= 15 is 0 Å². The average Bonchev–Trinajstić information content (AvgIpc) is 3.71. The molecule has 1 heterocycles. The lowest BCUT2D eigenvalue weighted by atomic mass is 9.98. The van der Waals surface area contributed by atoms with Crippen LogP contribution in [0.15, 0.2) is 103 Å². The van der Waals surface area contributed by atoms with Crippen LogP contribution in [0.1, 0.15) is 66.6 Å². The Morgan fingerprint density at radius 3 is 2.06 bits per heavy atom. The largest absolute Gasteiger partial charge is 0.458 e. The number of alkyl carbamates (subject to hydrolysis) is 1. The minimum absolute atomic E-state index is 0.0898. The second-order valence-electron chi connectivity index (χ2n) is 13.3. The van der Waals surface area contributed by atoms with Gasteiger partial charge in [-0.1, -0.05) is 78.9 Å². The summed E-state index contributed by atoms with van der Waals surface area (Å²) in [5.74, 6) is -1.16. The highest BCUT2D eigenvalue weighted by Gasteiger charge is 2.40. The maximum atomic E-state index is 14.1. The summed E-state index contributed by atoms with van der Waals surface area (Å²) in [7, 11) is 0. The Kier molecular flexibility index (Phi) is 9.80. The van der Waals surface area contributed by atoms with Gasteiger partial charge in [0.05, 0.1) is 5.56 Å². The zero-order valence-corrected chi connectivity index (χ0v) is 27.9. The number of benzene rings is 4. The minimum atomic E-state index is -1.03. The number of rotatable bonds is 9. The third-order valence-corrected chi connectivity index (χ3v) is 8.73. The summed E-state index contributed by atoms with van der Waals surface area (Å²) in [6.45, 7) is 5.81. The van der Waals surface area contributed by atoms with E-state index in [4.69, 9.17) is 14.2 Å². The zero-order valence-electron chi connectivity index (χ0n) is 27.9. The quantitative estimate of drug-likeness (QED) is 0.157. The van der Waals surface area contributed by atoms with Crippen LogP contribution in [0.5, 0.6) is 5.75 Å². The highest BCUT2D eigenvalue weighted by atomic mass is 16.6. The first-order valence-electron chi connectivity index (χ1n) is 16.6. The molecule has 2 amide bonds. The summed E-state index contributed by atoms with van der Waals surface area (Å²) < 4.78 is 16.9. The summed E-state index contributed by atoms with van der Waals surface area (Å²) in [4.78, 5) is 54.6. The predicted molar refractivity (Wildman–Crippen MR) is 184 cm³/mol. The van der Waals surface area contributed by atoms with Crippen LogP contribution in [0.3, 0.4) is 0 Å². The van der Waals surface area contributed by atoms with E-state index in [0.29, 0.717) is 36.3 Å². The molecule has 49 heavy (non-hydrogen) atoms. The maximum absolute atomic E-state index is 14.1. The van der Waals surface area contributed by atoms with Gasteiger partial charge in [-0.2, -0.15) is 0 Å². The second-order valence-corrected chi connectivity index (χ2v) is 13.3. The molecular weight excluding hydrogens is 620 g/mol. The van der Waals surface area contributed by atoms with E-state index in [0.717, 1.165) is 22.3 Å². The van der Waals surface area contributed by atoms with Crippen molar-refractivity contribution in [3.63, 3.8) is 0 Å². The van der Waals surface area contributed by atoms with Crippen LogP contribution in [0.4, 0.5) is 4.79 Å². The number of nitrogens with one attached hydrogen (secondary N) is 1. The molecule has 1 aliphatic heterocycles. The number of ether oxygens (including phenoxy) is 3. The Morgan fingerprint density at radius 2 is 1.43 bits per heavy atom. The molecule has 4 aromatic rings. The summed E-state index contributed by atoms with van der Waals surface area (Å²) in [5.41, 5.74) is 4.81. The first-order valence-corrected chi connectivity index (χ1v) is 16.6. The smallest absolute Gasteiger partial charge is 0.407 e. The van der Waals surface area contributed by atoms with Gasteiger partial charge in [0.1, 0.15) is 30.0 Å². The molecule has 2 atom stereocenters. The van der Waals surface area contributed by atoms with Gasteiger partial charge in [-0.25, -0.2) is 14.4 Å². The van der Waals surface area contributed by atoms with Gasteiger partial charge < -0.3 is 24.4 Å². The normalized spacial score (nSPS) is 15.9. The van der Waals surface area contributed by atoms with Crippen LogP contribution in [-0.2, 0) is 25.5 Å². The Hall–Kier alpha value is -5.44. The number of carbonyl (C=O) groups excluding carboxylic acids is 4. The first kappa shape index (κ1) is 33.5. The van der Waals surface area contributed by atoms with E-state index in [1.807, 2.05) is 42.5 Å². The number of esters is 2. The Labute approximate surface area is 286 Å². The molecule has 9 heteroatoms. The zero-order chi connectivity index (χ0) is 34.5. The monoisotopic (exact) mass is 660 g/mol. The Balaban J connectivity index is 1.18. The van der Waals surface area contributed by atoms with Crippen molar-refractivity contribution in [3.8, 4) is 16.9 Å². The van der Waals surface area contributed by atoms with E-state index in [9.17, 15) is 19.2 Å². The van der Waals surface area contributed by atoms with Crippen LogP contribution in [0, 0.1) is 0 Å². The number of hydrogen-bond donors (Lipinski definition) is 1. The molecule has 9 nitrogen and oxygen atoms in total. The first-order chi connectivity index (χ1) is 23.6. The van der Waals surface area contributed by atoms with Gasteiger partial charge in [0.25, 0.3) is 0 Å². The number of fused-ring (bicyclic) bond motifs is 3. The molecule has 4 aromatic carbocycles. The van der Waals surface area contributed by atoms with Crippen LogP contribution >= 0.6 is 0 Å². The van der Waals surface area contributed by atoms with Gasteiger partial charge in [0.15, 0.2) is 0 Å². The molecule has 1 saturated heterocycles. The summed E-state index contributed by atoms with van der Waals surface area (Å²) >= 11 is 0. The molecule has 0 aromatic heterocycles. The van der Waals surface area contributed by atoms with Crippen LogP contribution < -0.4 is 10.1 Å². The highest BCUT2D eigenvalue weighted by molar-refractivity contribution is 5.91. The van der Waals surface area contributed by atoms with Crippen molar-refractivity contribution in [1.29, 1.82) is 0 Å². The van der Waals surface area contributed by atoms with E-state index in [1.54, 1.807) is 69.3 Å². The third kappa shape index (κ3) is 7.83. The van der Waals surface area contributed by atoms with Crippen LogP contribution in [-0.4, -0.2) is 59.7 Å². The highest BCUT2D eigenvalue weighted by Crippen LogP contribution is 2.44. The molecule has 0 spiro atoms. The number of likely N-dealkylation sites (tertiary alicyclic amines) is 1. The van der Waals surface area contributed by atoms with Crippen molar-refractivity contribution in [2.45, 2.75) is 63.6 Å². The van der Waals surface area contributed by atoms with Crippen molar-refractivity contribution in [3.05, 3.63) is 125 Å². The molecule has 252 valence electrons. The molecule has 0 saturated carbocycles. The second kappa shape index (κ2) is 14.4. The molecule has 1 aliphatic carbocycles. The number of amides is 2. The van der Waals surface area contributed by atoms with Crippen molar-refractivity contribution < 1.29 is 33.4 Å². The van der Waals surface area contributed by atoms with Crippen molar-refractivity contribution in [2.75, 3.05) is 13.2 Å². The van der Waals surface area contributed by atoms with Crippen LogP contribution in [0.2, 0.25) is 0 Å². The van der Waals surface area contributed by atoms with E-state index in [-0.39, 0.29) is 18.9 Å². The number of hydrogen-bond acceptors (Lipinski definition) is 7. The van der Waals surface area contributed by atoms with Crippen molar-refractivity contribution in [1.82, 2.24) is 10.2 Å². The lowest BCUT2D eigenvalue weighted by Crippen LogP contribution is -2.53. The topological polar surface area (TPSA) is 111 Å². The van der Waals surface area contributed by atoms with Gasteiger partial charge in [0.2, 0.25) is 5.91 Å². The van der Waals surface area contributed by atoms with Gasteiger partial charge in [-0.15, -0.1) is 0 Å². The fourth-order valence-corrected chi connectivity index (χ4v) is 6.50. The number of carbonyl (C=O) groups is 4. The lowest BCUT2D eigenvalue weighted by Gasteiger charge is -2.30. The number of nitrogens with zero attached hydrogens (tertiary/aromatic N) is 1. The molecule has 0 bridgehead atoms. The van der Waals surface area contributed by atoms with Gasteiger partial charge in [-0.3, -0.25) is 4.79 Å². The SMILES string of the molecule is CC(C)(C)OC(=O)[C@@H]1CCCN1C(=O)[C@H](Cc1ccc(OC(=O)c2ccccc2)cc1)NC(=O)OCC1c2ccccc2-c2ccccc21. The fraction of sp³-hybridized carbons (Fsp3) is 0.300. The predicted octanol–water partition coefficient (Wildman–Crippen LogP) is 6.69. The fourth-order valence-electron chi connectivity index (χ4n) is 6.50. The molecule has 0 radical (unpaired) electrons. The van der Waals surface area contributed by atoms with Crippen molar-refractivity contribution >= 4 is 23.9 Å². The van der Waals surface area contributed by atoms with Crippen LogP contribution in [0.25, 0.3) is 11.1 Å². The summed E-state index contributed by atoms with van der Waals surface area (Å²) in [6.07, 6.45) is 0.490. The molecule has 0 unspecified atom stereocenters. The Bertz CT molecular complexity index is 1790. The van der Waals surface area contributed by atoms with E-state index in [1.165, 1.54) is 4.90 Å². The van der Waals surface area contributed by atoms with E-state index in [2.05, 4.69) is 17.4 Å². The van der Waals surface area contributed by atoms with Crippen molar-refractivity contribution in [2.24, 2.45) is 0 Å². The standard InChI is InChI=1S/C40H40N2O7/c1-40(2,3)49-38(45)35-18-11-23-42(35)36(43)34(24-26-19-21-28(22-20-26)48-37(44)27-12-5-4-6-13-27)41-39(46)47-25-33-31-16-9-7-14-29(31)30-15-8-10-17-32(30)33/h4-10,12-17,19-22,33-35H,11,18,23-25H2,1-3H3,(H,41,46)/t34-,35-/m0/s1. The Morgan fingerprint density at radius 1 is 0.816 bits per heavy atom. The third-order valence-electron chi connectivity index (χ3n) is 8.73.